The lowest BCUT2D eigenvalue weighted by atomic mass is 10.1. The Labute approximate surface area is 74.9 Å². The predicted octanol–water partition coefficient (Wildman–Crippen LogP) is 0.493. The Kier molecular flexibility index (Phi) is 4.32. The summed E-state index contributed by atoms with van der Waals surface area (Å²) in [5.41, 5.74) is 0. The maximum absolute atomic E-state index is 10.8. The molecule has 66 valence electrons. The summed E-state index contributed by atoms with van der Waals surface area (Å²) in [5.74, 6) is -0.556. The van der Waals surface area contributed by atoms with Gasteiger partial charge in [-0.25, -0.2) is 0 Å². The van der Waals surface area contributed by atoms with Crippen LogP contribution >= 0.6 is 23.2 Å². The zero-order chi connectivity index (χ0) is 9.07. The second kappa shape index (κ2) is 4.26. The molecule has 0 aliphatic heterocycles. The smallest absolute Gasteiger partial charge is 0.166 e. The summed E-state index contributed by atoms with van der Waals surface area (Å²) < 4.78 is -1.17. The molecule has 0 aliphatic rings. The van der Waals surface area contributed by atoms with Gasteiger partial charge in [0.05, 0.1) is 6.61 Å². The summed E-state index contributed by atoms with van der Waals surface area (Å²) >= 11 is 11.0. The fraction of sp³-hybridized carbons (Fsp3) is 0.833. The molecule has 0 spiro atoms. The Morgan fingerprint density at radius 3 is 2.36 bits per heavy atom. The second-order valence-electron chi connectivity index (χ2n) is 2.41. The van der Waals surface area contributed by atoms with E-state index in [9.17, 15) is 4.79 Å². The highest BCUT2D eigenvalue weighted by Gasteiger charge is 2.25. The largest absolute Gasteiger partial charge is 0.393 e. The van der Waals surface area contributed by atoms with Gasteiger partial charge >= 0.3 is 0 Å². The molecule has 5 heteroatoms. The average Bonchev–Trinajstić information content (AvgIpc) is 1.82. The molecule has 0 heterocycles. The van der Waals surface area contributed by atoms with Gasteiger partial charge in [-0.05, 0) is 6.92 Å². The number of carbonyl (C=O) groups is 1. The first-order valence-corrected chi connectivity index (χ1v) is 3.82. The zero-order valence-electron chi connectivity index (χ0n) is 6.05. The van der Waals surface area contributed by atoms with Crippen LogP contribution in [0.4, 0.5) is 0 Å². The van der Waals surface area contributed by atoms with Crippen molar-refractivity contribution in [1.29, 1.82) is 0 Å². The molecule has 0 fully saturated rings. The summed E-state index contributed by atoms with van der Waals surface area (Å²) in [5, 5.41) is 17.1. The summed E-state index contributed by atoms with van der Waals surface area (Å²) in [6.07, 6.45) is -1.54. The molecule has 1 unspecified atom stereocenters. The van der Waals surface area contributed by atoms with Crippen molar-refractivity contribution in [2.24, 2.45) is 0 Å². The van der Waals surface area contributed by atoms with E-state index in [0.29, 0.717) is 0 Å². The van der Waals surface area contributed by atoms with Crippen molar-refractivity contribution in [3.8, 4) is 0 Å². The van der Waals surface area contributed by atoms with Crippen molar-refractivity contribution in [2.75, 3.05) is 6.61 Å². The van der Waals surface area contributed by atoms with Crippen LogP contribution < -0.4 is 0 Å². The van der Waals surface area contributed by atoms with Gasteiger partial charge in [0.25, 0.3) is 0 Å². The summed E-state index contributed by atoms with van der Waals surface area (Å²) in [6.45, 7) is 0.848. The van der Waals surface area contributed by atoms with Crippen LogP contribution in [-0.2, 0) is 4.79 Å². The van der Waals surface area contributed by atoms with E-state index >= 15 is 0 Å². The van der Waals surface area contributed by atoms with Crippen LogP contribution in [-0.4, -0.2) is 33.0 Å². The van der Waals surface area contributed by atoms with Crippen LogP contribution in [0.1, 0.15) is 13.3 Å². The van der Waals surface area contributed by atoms with Gasteiger partial charge in [-0.2, -0.15) is 0 Å². The molecule has 0 bridgehead atoms. The third kappa shape index (κ3) is 5.44. The normalized spacial score (nSPS) is 14.6. The van der Waals surface area contributed by atoms with Gasteiger partial charge in [0.2, 0.25) is 0 Å². The lowest BCUT2D eigenvalue weighted by Gasteiger charge is -2.13. The van der Waals surface area contributed by atoms with Crippen molar-refractivity contribution in [1.82, 2.24) is 0 Å². The number of aliphatic hydroxyl groups excluding tert-OH is 2. The Bertz CT molecular complexity index is 141. The number of ketones is 1. The maximum atomic E-state index is 10.8. The molecule has 0 aromatic carbocycles. The quantitative estimate of drug-likeness (QED) is 0.651. The molecule has 11 heavy (non-hydrogen) atoms. The highest BCUT2D eigenvalue weighted by molar-refractivity contribution is 6.49. The van der Waals surface area contributed by atoms with Crippen LogP contribution in [0.5, 0.6) is 0 Å². The number of carbonyl (C=O) groups excluding carboxylic acids is 1. The van der Waals surface area contributed by atoms with Crippen molar-refractivity contribution in [2.45, 2.75) is 23.8 Å². The van der Waals surface area contributed by atoms with Gasteiger partial charge < -0.3 is 10.2 Å². The highest BCUT2D eigenvalue weighted by Crippen LogP contribution is 2.24. The third-order valence-corrected chi connectivity index (χ3v) is 1.30. The Morgan fingerprint density at radius 1 is 1.64 bits per heavy atom. The molecule has 1 atom stereocenters. The Balaban J connectivity index is 3.88. The highest BCUT2D eigenvalue weighted by atomic mass is 35.5. The van der Waals surface area contributed by atoms with E-state index in [-0.39, 0.29) is 6.42 Å². The van der Waals surface area contributed by atoms with Crippen LogP contribution in [0.3, 0.4) is 0 Å². The second-order valence-corrected chi connectivity index (χ2v) is 4.27. The van der Waals surface area contributed by atoms with Gasteiger partial charge in [0.1, 0.15) is 10.4 Å². The predicted molar refractivity (Wildman–Crippen MR) is 42.8 cm³/mol. The van der Waals surface area contributed by atoms with E-state index in [0.717, 1.165) is 0 Å². The fourth-order valence-electron chi connectivity index (χ4n) is 0.526. The van der Waals surface area contributed by atoms with Gasteiger partial charge in [-0.15, -0.1) is 23.2 Å². The lowest BCUT2D eigenvalue weighted by Crippen LogP contribution is -2.28. The van der Waals surface area contributed by atoms with Crippen molar-refractivity contribution in [3.05, 3.63) is 0 Å². The van der Waals surface area contributed by atoms with E-state index in [4.69, 9.17) is 33.4 Å². The summed E-state index contributed by atoms with van der Waals surface area (Å²) in [4.78, 5) is 10.8. The minimum atomic E-state index is -1.37. The zero-order valence-corrected chi connectivity index (χ0v) is 7.56. The van der Waals surface area contributed by atoms with Gasteiger partial charge in [0, 0.05) is 6.42 Å². The molecule has 0 amide bonds. The molecule has 0 saturated heterocycles. The molecule has 3 nitrogen and oxygen atoms in total. The van der Waals surface area contributed by atoms with Gasteiger partial charge in [-0.1, -0.05) is 0 Å². The molecule has 0 rings (SSSR count). The molecular formula is C6H10Cl2O3. The number of halogens is 2. The maximum Gasteiger partial charge on any atom is 0.166 e. The van der Waals surface area contributed by atoms with Gasteiger partial charge in [0.15, 0.2) is 5.78 Å². The van der Waals surface area contributed by atoms with Gasteiger partial charge in [-0.3, -0.25) is 4.79 Å². The van der Waals surface area contributed by atoms with Crippen LogP contribution in [0.15, 0.2) is 0 Å². The standard InChI is InChI=1S/C6H10Cl2O3/c1-6(7,8)2-4(10)5(11)3-9/h5,9,11H,2-3H2,1H3. The molecule has 0 saturated carbocycles. The first-order valence-electron chi connectivity index (χ1n) is 3.06. The number of hydrogen-bond acceptors (Lipinski definition) is 3. The van der Waals surface area contributed by atoms with E-state index < -0.39 is 22.8 Å². The first-order chi connectivity index (χ1) is 4.87. The molecular weight excluding hydrogens is 191 g/mol. The minimum Gasteiger partial charge on any atom is -0.393 e. The summed E-state index contributed by atoms with van der Waals surface area (Å²) in [7, 11) is 0. The monoisotopic (exact) mass is 200 g/mol. The van der Waals surface area contributed by atoms with Crippen molar-refractivity contribution >= 4 is 29.0 Å². The molecule has 0 aromatic rings. The molecule has 0 aliphatic carbocycles. The average molecular weight is 201 g/mol. The van der Waals surface area contributed by atoms with Crippen LogP contribution in [0.2, 0.25) is 0 Å². The van der Waals surface area contributed by atoms with E-state index in [1.165, 1.54) is 6.92 Å². The number of Topliss-reactive ketones (excluding diaryl/α,β-unsaturated/α-hetero) is 1. The minimum absolute atomic E-state index is 0.169. The third-order valence-electron chi connectivity index (χ3n) is 1.03. The topological polar surface area (TPSA) is 57.5 Å². The van der Waals surface area contributed by atoms with E-state index in [1.807, 2.05) is 0 Å². The number of alkyl halides is 2. The Morgan fingerprint density at radius 2 is 2.09 bits per heavy atom. The van der Waals surface area contributed by atoms with Crippen LogP contribution in [0, 0.1) is 0 Å². The lowest BCUT2D eigenvalue weighted by molar-refractivity contribution is -0.129. The van der Waals surface area contributed by atoms with Crippen molar-refractivity contribution < 1.29 is 15.0 Å². The van der Waals surface area contributed by atoms with Crippen LogP contribution in [0.25, 0.3) is 0 Å². The number of rotatable bonds is 4. The van der Waals surface area contributed by atoms with E-state index in [2.05, 4.69) is 0 Å². The molecule has 0 radical (unpaired) electrons. The van der Waals surface area contributed by atoms with E-state index in [1.54, 1.807) is 0 Å². The first kappa shape index (κ1) is 11.2. The summed E-state index contributed by atoms with van der Waals surface area (Å²) in [6, 6.07) is 0. The fourth-order valence-corrected chi connectivity index (χ4v) is 0.789. The number of aliphatic hydroxyl groups is 2. The van der Waals surface area contributed by atoms with Crippen molar-refractivity contribution in [3.63, 3.8) is 0 Å². The Hall–Kier alpha value is 0.170. The molecule has 0 aromatic heterocycles. The number of hydrogen-bond donors (Lipinski definition) is 2. The molecule has 2 N–H and O–H groups in total. The SMILES string of the molecule is CC(Cl)(Cl)CC(=O)C(O)CO.